The van der Waals surface area contributed by atoms with E-state index in [1.165, 1.54) is 6.92 Å². The molecule has 200 valence electrons. The quantitative estimate of drug-likeness (QED) is 0.259. The van der Waals surface area contributed by atoms with E-state index in [0.29, 0.717) is 33.3 Å². The van der Waals surface area contributed by atoms with E-state index in [1.807, 2.05) is 73.8 Å². The van der Waals surface area contributed by atoms with Gasteiger partial charge in [-0.05, 0) is 91.9 Å². The van der Waals surface area contributed by atoms with Gasteiger partial charge in [-0.2, -0.15) is 4.98 Å². The first kappa shape index (κ1) is 26.7. The fourth-order valence-electron chi connectivity index (χ4n) is 4.63. The molecular formula is C31H27N5O3S. The molecule has 2 heterocycles. The Morgan fingerprint density at radius 2 is 1.55 bits per heavy atom. The molecule has 2 N–H and O–H groups in total. The van der Waals surface area contributed by atoms with E-state index in [9.17, 15) is 13.2 Å². The predicted molar refractivity (Wildman–Crippen MR) is 157 cm³/mol. The molecule has 8 nitrogen and oxygen atoms in total. The van der Waals surface area contributed by atoms with Crippen molar-refractivity contribution in [3.8, 4) is 23.0 Å². The van der Waals surface area contributed by atoms with Gasteiger partial charge in [0.15, 0.2) is 5.65 Å². The van der Waals surface area contributed by atoms with E-state index in [-0.39, 0.29) is 5.78 Å². The highest BCUT2D eigenvalue weighted by Gasteiger charge is 2.20. The van der Waals surface area contributed by atoms with E-state index >= 15 is 0 Å². The highest BCUT2D eigenvalue weighted by atomic mass is 32.2. The zero-order chi connectivity index (χ0) is 28.4. The van der Waals surface area contributed by atoms with Crippen molar-refractivity contribution in [1.82, 2.24) is 14.6 Å². The minimum Gasteiger partial charge on any atom is -0.323 e. The number of anilines is 3. The van der Waals surface area contributed by atoms with Crippen LogP contribution in [0.15, 0.2) is 83.9 Å². The number of nitrogens with one attached hydrogen (secondary N) is 2. The zero-order valence-corrected chi connectivity index (χ0v) is 23.3. The number of Topliss-reactive ketones (excluding diaryl/α,β-unsaturated/α-hetero) is 1. The molecule has 0 amide bonds. The molecule has 0 saturated heterocycles. The maximum absolute atomic E-state index is 13.2. The summed E-state index contributed by atoms with van der Waals surface area (Å²) >= 11 is 0. The van der Waals surface area contributed by atoms with Gasteiger partial charge < -0.3 is 5.32 Å². The van der Waals surface area contributed by atoms with Crippen molar-refractivity contribution in [2.24, 2.45) is 0 Å². The molecule has 0 aliphatic carbocycles. The summed E-state index contributed by atoms with van der Waals surface area (Å²) in [6.07, 6.45) is 1.81. The molecular weight excluding hydrogens is 522 g/mol. The molecule has 0 bridgehead atoms. The van der Waals surface area contributed by atoms with Gasteiger partial charge in [-0.1, -0.05) is 35.7 Å². The van der Waals surface area contributed by atoms with Crippen LogP contribution in [0, 0.1) is 32.6 Å². The largest absolute Gasteiger partial charge is 0.323 e. The molecule has 0 radical (unpaired) electrons. The number of nitrogens with zero attached hydrogens (tertiary/aromatic N) is 3. The first-order valence-corrected chi connectivity index (χ1v) is 14.0. The summed E-state index contributed by atoms with van der Waals surface area (Å²) in [5, 5.41) is 7.72. The van der Waals surface area contributed by atoms with Crippen LogP contribution in [-0.2, 0) is 14.8 Å². The minimum atomic E-state index is -3.75. The van der Waals surface area contributed by atoms with Gasteiger partial charge in [0, 0.05) is 35.6 Å². The average molecular weight is 550 g/mol. The number of hydrogen-bond acceptors (Lipinski definition) is 6. The van der Waals surface area contributed by atoms with Gasteiger partial charge in [0.05, 0.1) is 4.90 Å². The van der Waals surface area contributed by atoms with E-state index in [0.717, 1.165) is 27.9 Å². The molecule has 9 heteroatoms. The fraction of sp³-hybridized carbons (Fsp3) is 0.129. The van der Waals surface area contributed by atoms with Crippen LogP contribution in [0.3, 0.4) is 0 Å². The lowest BCUT2D eigenvalue weighted by molar-refractivity contribution is -0.111. The van der Waals surface area contributed by atoms with Crippen molar-refractivity contribution in [3.05, 3.63) is 101 Å². The van der Waals surface area contributed by atoms with Crippen LogP contribution in [0.5, 0.6) is 0 Å². The van der Waals surface area contributed by atoms with Crippen LogP contribution >= 0.6 is 0 Å². The third-order valence-corrected chi connectivity index (χ3v) is 7.89. The van der Waals surface area contributed by atoms with Gasteiger partial charge in [-0.3, -0.25) is 9.52 Å². The van der Waals surface area contributed by atoms with Crippen molar-refractivity contribution in [2.45, 2.75) is 32.6 Å². The van der Waals surface area contributed by atoms with Crippen molar-refractivity contribution in [2.75, 3.05) is 10.0 Å². The molecule has 0 unspecified atom stereocenters. The van der Waals surface area contributed by atoms with Gasteiger partial charge in [-0.15, -0.1) is 5.10 Å². The van der Waals surface area contributed by atoms with E-state index in [1.54, 1.807) is 30.5 Å². The Bertz CT molecular complexity index is 1890. The topological polar surface area (TPSA) is 105 Å². The highest BCUT2D eigenvalue weighted by Crippen LogP contribution is 2.28. The number of hydrogen-bond donors (Lipinski definition) is 2. The van der Waals surface area contributed by atoms with Gasteiger partial charge in [0.25, 0.3) is 10.0 Å². The number of carbonyl (C=O) groups excluding carboxylic acids is 1. The average Bonchev–Trinajstić information content (AvgIpc) is 3.30. The number of benzene rings is 3. The third kappa shape index (κ3) is 5.72. The first-order valence-electron chi connectivity index (χ1n) is 12.6. The Labute approximate surface area is 233 Å². The van der Waals surface area contributed by atoms with Gasteiger partial charge in [-0.25, -0.2) is 12.9 Å². The number of carbonyl (C=O) groups is 1. The Morgan fingerprint density at radius 3 is 2.20 bits per heavy atom. The smallest absolute Gasteiger partial charge is 0.262 e. The van der Waals surface area contributed by atoms with Crippen LogP contribution in [0.25, 0.3) is 16.8 Å². The Balaban J connectivity index is 1.37. The Hall–Kier alpha value is -4.94. The van der Waals surface area contributed by atoms with E-state index < -0.39 is 10.0 Å². The number of fused-ring (bicyclic) bond motifs is 1. The second-order valence-electron chi connectivity index (χ2n) is 9.54. The normalized spacial score (nSPS) is 11.1. The van der Waals surface area contributed by atoms with Crippen molar-refractivity contribution in [3.63, 3.8) is 0 Å². The Kier molecular flexibility index (Phi) is 7.11. The molecule has 0 aliphatic heterocycles. The van der Waals surface area contributed by atoms with Crippen LogP contribution in [-0.4, -0.2) is 28.8 Å². The molecule has 0 atom stereocenters. The molecule has 0 aliphatic rings. The summed E-state index contributed by atoms with van der Waals surface area (Å²) in [5.74, 6) is 5.58. The van der Waals surface area contributed by atoms with Crippen molar-refractivity contribution >= 4 is 38.8 Å². The molecule has 0 saturated carbocycles. The van der Waals surface area contributed by atoms with Crippen LogP contribution in [0.4, 0.5) is 17.3 Å². The molecule has 3 aromatic carbocycles. The molecule has 5 rings (SSSR count). The maximum Gasteiger partial charge on any atom is 0.262 e. The van der Waals surface area contributed by atoms with Gasteiger partial charge in [0.1, 0.15) is 0 Å². The van der Waals surface area contributed by atoms with Crippen LogP contribution in [0.2, 0.25) is 0 Å². The summed E-state index contributed by atoms with van der Waals surface area (Å²) < 4.78 is 30.7. The van der Waals surface area contributed by atoms with E-state index in [4.69, 9.17) is 0 Å². The number of rotatable bonds is 6. The lowest BCUT2D eigenvalue weighted by Crippen LogP contribution is -2.15. The molecule has 5 aromatic rings. The van der Waals surface area contributed by atoms with Crippen molar-refractivity contribution in [1.29, 1.82) is 0 Å². The van der Waals surface area contributed by atoms with Gasteiger partial charge in [0.2, 0.25) is 11.7 Å². The molecule has 0 spiro atoms. The summed E-state index contributed by atoms with van der Waals surface area (Å²) in [7, 11) is -3.75. The number of ketones is 1. The highest BCUT2D eigenvalue weighted by molar-refractivity contribution is 7.92. The molecule has 2 aromatic heterocycles. The molecule has 0 fully saturated rings. The van der Waals surface area contributed by atoms with E-state index in [2.05, 4.69) is 32.0 Å². The summed E-state index contributed by atoms with van der Waals surface area (Å²) in [5.41, 5.74) is 6.78. The number of aromatic nitrogens is 3. The summed E-state index contributed by atoms with van der Waals surface area (Å²) in [4.78, 5) is 16.0. The van der Waals surface area contributed by atoms with Crippen molar-refractivity contribution < 1.29 is 13.2 Å². The standard InChI is InChI=1S/C31H27N5O3S/c1-20-18-21(2)29(22(3)19-20)40(38,39)35-27-15-11-25(12-16-27)28-6-5-17-36-30(28)33-31(34-36)32-26-13-9-24(10-14-26)8-7-23(4)37/h5-6,9-19,35H,1-4H3,(H,32,34). The SMILES string of the molecule is CC(=O)C#Cc1ccc(Nc2nc3c(-c4ccc(NS(=O)(=O)c5c(C)cc(C)cc5C)cc4)cccn3n2)cc1. The first-order chi connectivity index (χ1) is 19.1. The predicted octanol–water partition coefficient (Wildman–Crippen LogP) is 5.81. The number of pyridine rings is 1. The number of aryl methyl sites for hydroxylation is 3. The molecule has 40 heavy (non-hydrogen) atoms. The van der Waals surface area contributed by atoms with Crippen LogP contribution < -0.4 is 10.0 Å². The lowest BCUT2D eigenvalue weighted by atomic mass is 10.1. The number of sulfonamides is 1. The lowest BCUT2D eigenvalue weighted by Gasteiger charge is -2.14. The van der Waals surface area contributed by atoms with Gasteiger partial charge >= 0.3 is 0 Å². The fourth-order valence-corrected chi connectivity index (χ4v) is 6.14. The summed E-state index contributed by atoms with van der Waals surface area (Å²) in [6, 6.07) is 22.1. The zero-order valence-electron chi connectivity index (χ0n) is 22.5. The third-order valence-electron chi connectivity index (χ3n) is 6.21. The second kappa shape index (κ2) is 10.7. The maximum atomic E-state index is 13.2. The summed E-state index contributed by atoms with van der Waals surface area (Å²) in [6.45, 7) is 6.99. The second-order valence-corrected chi connectivity index (χ2v) is 11.2. The van der Waals surface area contributed by atoms with Crippen LogP contribution in [0.1, 0.15) is 29.2 Å². The monoisotopic (exact) mass is 549 g/mol. The minimum absolute atomic E-state index is 0.185. The Morgan fingerprint density at radius 1 is 0.900 bits per heavy atom.